The van der Waals surface area contributed by atoms with Gasteiger partial charge in [0.05, 0.1) is 19.5 Å². The van der Waals surface area contributed by atoms with E-state index in [9.17, 15) is 57.9 Å². The lowest BCUT2D eigenvalue weighted by molar-refractivity contribution is -0.137. The first-order valence-electron chi connectivity index (χ1n) is 18.9. The lowest BCUT2D eigenvalue weighted by Gasteiger charge is -2.30. The average Bonchev–Trinajstić information content (AvgIpc) is 3.70. The minimum atomic E-state index is -5.57. The first-order chi connectivity index (χ1) is 27.8. The van der Waals surface area contributed by atoms with Gasteiger partial charge in [0.15, 0.2) is 22.8 Å². The molecule has 2 aromatic rings. The van der Waals surface area contributed by atoms with Crippen molar-refractivity contribution in [1.82, 2.24) is 30.2 Å². The van der Waals surface area contributed by atoms with Crippen LogP contribution in [0.25, 0.3) is 11.2 Å². The number of imidazole rings is 1. The van der Waals surface area contributed by atoms with Gasteiger partial charge >= 0.3 is 23.5 Å². The molecule has 0 aromatic carbocycles. The van der Waals surface area contributed by atoms with Crippen molar-refractivity contribution < 1.29 is 80.5 Å². The minimum Gasteiger partial charge on any atom is -0.386 e. The molecule has 24 nitrogen and oxygen atoms in total. The molecular formula is C32H56N7O17P3S. The normalized spacial score (nSPS) is 21.7. The molecule has 8 atom stereocenters. The number of aromatic nitrogens is 4. The van der Waals surface area contributed by atoms with Crippen LogP contribution in [-0.2, 0) is 50.7 Å². The number of phosphoric acid groups is 3. The van der Waals surface area contributed by atoms with Crippen molar-refractivity contribution in [3.8, 4) is 0 Å². The van der Waals surface area contributed by atoms with Crippen LogP contribution in [0.2, 0.25) is 0 Å². The molecule has 1 aliphatic rings. The van der Waals surface area contributed by atoms with E-state index in [2.05, 4.69) is 55.2 Å². The molecule has 0 radical (unpaired) electrons. The fourth-order valence-electron chi connectivity index (χ4n) is 5.75. The molecule has 2 aromatic heterocycles. The number of thioether (sulfide) groups is 1. The van der Waals surface area contributed by atoms with Crippen molar-refractivity contribution in [3.63, 3.8) is 0 Å². The summed E-state index contributed by atoms with van der Waals surface area (Å²) in [5, 5.41) is 26.6. The van der Waals surface area contributed by atoms with Crippen molar-refractivity contribution >= 4 is 69.1 Å². The number of carbonyl (C=O) groups is 3. The highest BCUT2D eigenvalue weighted by atomic mass is 32.2. The summed E-state index contributed by atoms with van der Waals surface area (Å²) < 4.78 is 62.3. The van der Waals surface area contributed by atoms with Crippen LogP contribution >= 0.6 is 35.2 Å². The molecule has 3 unspecified atom stereocenters. The number of nitrogens with two attached hydrogens (primary N) is 1. The Labute approximate surface area is 350 Å². The maximum absolute atomic E-state index is 12.7. The number of carbonyl (C=O) groups excluding carboxylic acids is 3. The predicted octanol–water partition coefficient (Wildman–Crippen LogP) is 1.91. The predicted molar refractivity (Wildman–Crippen MR) is 214 cm³/mol. The van der Waals surface area contributed by atoms with Gasteiger partial charge in [-0.3, -0.25) is 32.5 Å². The number of aliphatic hydroxyl groups excluding tert-OH is 2. The quantitative estimate of drug-likeness (QED) is 0.0480. The standard InChI is InChI=1S/C32H56N7O17P3S/c1-19(2)7-6-8-20(3)9-10-23(41)60-14-13-34-22(40)11-12-35-30(44)27(43)32(4,5)16-53-59(50,51)56-58(48,49)52-15-21-26(55-57(45,46)47)25(42)31(54-21)39-18-38-24-28(33)36-17-37-29(24)39/h17-21,25-27,31,42-43H,6-16H2,1-5H3,(H,34,40)(H,35,44)(H,48,49)(H,50,51)(H2,33,36,37)(H2,45,46,47)/t20?,21-,25-,26-,27+,31-/m1/s1. The summed E-state index contributed by atoms with van der Waals surface area (Å²) in [5.74, 6) is 0.0757. The van der Waals surface area contributed by atoms with Gasteiger partial charge in [-0.05, 0) is 18.3 Å². The Kier molecular flexibility index (Phi) is 19.7. The molecular weight excluding hydrogens is 879 g/mol. The summed E-state index contributed by atoms with van der Waals surface area (Å²) in [5.41, 5.74) is 4.28. The van der Waals surface area contributed by atoms with Crippen molar-refractivity contribution in [1.29, 1.82) is 0 Å². The Bertz CT molecular complexity index is 1900. The third kappa shape index (κ3) is 17.0. The number of nitrogens with one attached hydrogen (secondary N) is 2. The molecule has 0 aliphatic carbocycles. The molecule has 0 spiro atoms. The molecule has 2 amide bonds. The molecule has 1 fully saturated rings. The zero-order valence-electron chi connectivity index (χ0n) is 33.8. The maximum atomic E-state index is 12.7. The summed E-state index contributed by atoms with van der Waals surface area (Å²) in [7, 11) is -16.4. The van der Waals surface area contributed by atoms with Crippen molar-refractivity contribution in [2.45, 2.75) is 104 Å². The Morgan fingerprint density at radius 1 is 0.983 bits per heavy atom. The summed E-state index contributed by atoms with van der Waals surface area (Å²) in [6.07, 6.45) is -2.23. The van der Waals surface area contributed by atoms with Crippen molar-refractivity contribution in [2.24, 2.45) is 17.3 Å². The number of ether oxygens (including phenoxy) is 1. The lowest BCUT2D eigenvalue weighted by atomic mass is 9.87. The zero-order valence-corrected chi connectivity index (χ0v) is 37.3. The van der Waals surface area contributed by atoms with Gasteiger partial charge in [-0.2, -0.15) is 4.31 Å². The Morgan fingerprint density at radius 3 is 2.33 bits per heavy atom. The van der Waals surface area contributed by atoms with Crippen LogP contribution in [-0.4, -0.2) is 123 Å². The van der Waals surface area contributed by atoms with E-state index in [0.717, 1.165) is 54.7 Å². The van der Waals surface area contributed by atoms with Gasteiger partial charge in [0.1, 0.15) is 36.3 Å². The third-order valence-electron chi connectivity index (χ3n) is 9.08. The van der Waals surface area contributed by atoms with E-state index < -0.39 is 84.6 Å². The van der Waals surface area contributed by atoms with Crippen LogP contribution in [0.4, 0.5) is 5.82 Å². The Hall–Kier alpha value is -2.44. The molecule has 0 saturated carbocycles. The largest absolute Gasteiger partial charge is 0.481 e. The number of anilines is 1. The van der Waals surface area contributed by atoms with Gasteiger partial charge in [0.25, 0.3) is 0 Å². The Balaban J connectivity index is 1.42. The van der Waals surface area contributed by atoms with Gasteiger partial charge in [-0.1, -0.05) is 65.6 Å². The number of hydrogen-bond donors (Lipinski definition) is 9. The molecule has 342 valence electrons. The van der Waals surface area contributed by atoms with E-state index in [1.165, 1.54) is 13.8 Å². The number of fused-ring (bicyclic) bond motifs is 1. The highest BCUT2D eigenvalue weighted by molar-refractivity contribution is 8.13. The van der Waals surface area contributed by atoms with Gasteiger partial charge in [-0.25, -0.2) is 28.6 Å². The van der Waals surface area contributed by atoms with Gasteiger partial charge in [-0.15, -0.1) is 0 Å². The molecule has 1 aliphatic heterocycles. The molecule has 3 heterocycles. The van der Waals surface area contributed by atoms with E-state index in [4.69, 9.17) is 19.5 Å². The highest BCUT2D eigenvalue weighted by Gasteiger charge is 2.50. The van der Waals surface area contributed by atoms with Crippen LogP contribution in [0.5, 0.6) is 0 Å². The second kappa shape index (κ2) is 22.8. The number of nitrogens with zero attached hydrogens (tertiary/aromatic N) is 4. The summed E-state index contributed by atoms with van der Waals surface area (Å²) in [6.45, 7) is 7.06. The highest BCUT2D eigenvalue weighted by Crippen LogP contribution is 2.61. The van der Waals surface area contributed by atoms with Crippen molar-refractivity contribution in [3.05, 3.63) is 12.7 Å². The molecule has 28 heteroatoms. The smallest absolute Gasteiger partial charge is 0.386 e. The molecule has 10 N–H and O–H groups in total. The van der Waals surface area contributed by atoms with Crippen LogP contribution in [0.1, 0.15) is 79.4 Å². The lowest BCUT2D eigenvalue weighted by Crippen LogP contribution is -2.46. The molecule has 1 saturated heterocycles. The zero-order chi connectivity index (χ0) is 45.1. The van der Waals surface area contributed by atoms with E-state index in [-0.39, 0.29) is 41.6 Å². The Morgan fingerprint density at radius 2 is 1.67 bits per heavy atom. The second-order valence-electron chi connectivity index (χ2n) is 15.3. The molecule has 0 bridgehead atoms. The first kappa shape index (κ1) is 51.9. The number of aliphatic hydroxyl groups is 2. The minimum absolute atomic E-state index is 0.0324. The van der Waals surface area contributed by atoms with Crippen LogP contribution in [0.3, 0.4) is 0 Å². The van der Waals surface area contributed by atoms with Crippen LogP contribution < -0.4 is 16.4 Å². The topological polar surface area (TPSA) is 364 Å². The maximum Gasteiger partial charge on any atom is 0.481 e. The van der Waals surface area contributed by atoms with E-state index >= 15 is 0 Å². The number of amides is 2. The van der Waals surface area contributed by atoms with Crippen LogP contribution in [0, 0.1) is 17.3 Å². The number of rotatable bonds is 26. The fraction of sp³-hybridized carbons (Fsp3) is 0.750. The van der Waals surface area contributed by atoms with E-state index in [0.29, 0.717) is 24.0 Å². The monoisotopic (exact) mass is 935 g/mol. The summed E-state index contributed by atoms with van der Waals surface area (Å²) in [4.78, 5) is 88.1. The van der Waals surface area contributed by atoms with E-state index in [1.807, 2.05) is 0 Å². The fourth-order valence-corrected chi connectivity index (χ4v) is 9.27. The molecule has 60 heavy (non-hydrogen) atoms. The van der Waals surface area contributed by atoms with Gasteiger partial charge < -0.3 is 50.9 Å². The number of hydrogen-bond acceptors (Lipinski definition) is 18. The number of nitrogen functional groups attached to an aromatic ring is 1. The van der Waals surface area contributed by atoms with Gasteiger partial charge in [0.2, 0.25) is 11.8 Å². The summed E-state index contributed by atoms with van der Waals surface area (Å²) >= 11 is 1.14. The average molecular weight is 936 g/mol. The second-order valence-corrected chi connectivity index (χ2v) is 20.6. The van der Waals surface area contributed by atoms with Crippen molar-refractivity contribution in [2.75, 3.05) is 37.8 Å². The van der Waals surface area contributed by atoms with Crippen LogP contribution in [0.15, 0.2) is 12.7 Å². The summed E-state index contributed by atoms with van der Waals surface area (Å²) in [6, 6.07) is 0. The third-order valence-corrected chi connectivity index (χ3v) is 13.1. The first-order valence-corrected chi connectivity index (χ1v) is 24.4. The molecule has 3 rings (SSSR count). The van der Waals surface area contributed by atoms with Gasteiger partial charge in [0, 0.05) is 37.1 Å². The number of phosphoric ester groups is 3. The van der Waals surface area contributed by atoms with E-state index in [1.54, 1.807) is 0 Å². The SMILES string of the molecule is CC(C)CCCC(C)CCC(=O)SCCNC(=O)CCNC(=O)[C@H](O)C(C)(C)COP(=O)(O)OP(=O)(O)OC[C@H]1O[C@@H](n2cnc3c(N)ncnc32)[C@H](O)[C@@H]1OP(=O)(O)O.